The Morgan fingerprint density at radius 1 is 1.10 bits per heavy atom. The highest BCUT2D eigenvalue weighted by molar-refractivity contribution is 5.70. The van der Waals surface area contributed by atoms with Crippen LogP contribution in [0.25, 0.3) is 0 Å². The van der Waals surface area contributed by atoms with Crippen LogP contribution < -0.4 is 0 Å². The van der Waals surface area contributed by atoms with Gasteiger partial charge in [0.1, 0.15) is 0 Å². The molecule has 1 N–H and O–H groups in total. The van der Waals surface area contributed by atoms with E-state index in [1.807, 2.05) is 56.4 Å². The normalized spacial score (nSPS) is 10.8. The Kier molecular flexibility index (Phi) is 5.06. The molecule has 0 spiro atoms. The number of nitrogens with zero attached hydrogens (tertiary/aromatic N) is 2. The summed E-state index contributed by atoms with van der Waals surface area (Å²) in [6.45, 7) is 3.42. The van der Waals surface area contributed by atoms with E-state index in [2.05, 4.69) is 9.88 Å². The number of hydrogen-bond donors (Lipinski definition) is 1. The number of carbonyl (C=O) groups is 1. The minimum atomic E-state index is -0.801. The molecule has 4 heteroatoms. The van der Waals surface area contributed by atoms with Gasteiger partial charge in [-0.15, -0.1) is 0 Å². The highest BCUT2D eigenvalue weighted by Crippen LogP contribution is 2.13. The van der Waals surface area contributed by atoms with Crippen LogP contribution in [0.2, 0.25) is 0 Å². The minimum absolute atomic E-state index is 0.0622. The molecular weight excluding hydrogens is 264 g/mol. The van der Waals surface area contributed by atoms with Crippen molar-refractivity contribution >= 4 is 5.97 Å². The molecule has 1 aromatic carbocycles. The van der Waals surface area contributed by atoms with Crippen molar-refractivity contribution in [2.24, 2.45) is 0 Å². The summed E-state index contributed by atoms with van der Waals surface area (Å²) >= 11 is 0. The van der Waals surface area contributed by atoms with Gasteiger partial charge in [-0.3, -0.25) is 14.7 Å². The van der Waals surface area contributed by atoms with Crippen molar-refractivity contribution in [2.45, 2.75) is 26.4 Å². The Balaban J connectivity index is 2.05. The number of carboxylic acids is 1. The molecule has 2 aromatic rings. The fraction of sp³-hybridized carbons (Fsp3) is 0.294. The fourth-order valence-corrected chi connectivity index (χ4v) is 2.36. The predicted octanol–water partition coefficient (Wildman–Crippen LogP) is 2.65. The van der Waals surface area contributed by atoms with Gasteiger partial charge in [0.05, 0.1) is 12.1 Å². The van der Waals surface area contributed by atoms with E-state index < -0.39 is 5.97 Å². The summed E-state index contributed by atoms with van der Waals surface area (Å²) in [5.74, 6) is -0.801. The molecule has 4 nitrogen and oxygen atoms in total. The first kappa shape index (κ1) is 15.2. The summed E-state index contributed by atoms with van der Waals surface area (Å²) in [5, 5.41) is 8.97. The van der Waals surface area contributed by atoms with Gasteiger partial charge in [-0.1, -0.05) is 30.3 Å². The van der Waals surface area contributed by atoms with Crippen LogP contribution in [-0.4, -0.2) is 28.0 Å². The van der Waals surface area contributed by atoms with Crippen LogP contribution in [0.4, 0.5) is 0 Å². The largest absolute Gasteiger partial charge is 0.481 e. The van der Waals surface area contributed by atoms with E-state index >= 15 is 0 Å². The van der Waals surface area contributed by atoms with Crippen LogP contribution in [0.15, 0.2) is 42.5 Å². The van der Waals surface area contributed by atoms with Gasteiger partial charge in [0.25, 0.3) is 0 Å². The lowest BCUT2D eigenvalue weighted by molar-refractivity contribution is -0.136. The number of rotatable bonds is 6. The van der Waals surface area contributed by atoms with Crippen molar-refractivity contribution in [3.05, 3.63) is 65.0 Å². The third-order valence-electron chi connectivity index (χ3n) is 3.28. The van der Waals surface area contributed by atoms with Gasteiger partial charge in [0.2, 0.25) is 0 Å². The Morgan fingerprint density at radius 2 is 1.81 bits per heavy atom. The molecule has 110 valence electrons. The average Bonchev–Trinajstić information content (AvgIpc) is 2.40. The molecule has 21 heavy (non-hydrogen) atoms. The highest BCUT2D eigenvalue weighted by atomic mass is 16.4. The average molecular weight is 284 g/mol. The van der Waals surface area contributed by atoms with Gasteiger partial charge < -0.3 is 5.11 Å². The van der Waals surface area contributed by atoms with Crippen LogP contribution in [-0.2, 0) is 24.3 Å². The molecule has 0 atom stereocenters. The monoisotopic (exact) mass is 284 g/mol. The summed E-state index contributed by atoms with van der Waals surface area (Å²) in [6, 6.07) is 13.7. The summed E-state index contributed by atoms with van der Waals surface area (Å²) in [6.07, 6.45) is 0.0622. The lowest BCUT2D eigenvalue weighted by Gasteiger charge is -2.18. The first-order valence-electron chi connectivity index (χ1n) is 6.94. The standard InChI is InChI=1S/C17H20N2O2/c1-13-6-5-9-16(18-13)12-19(2)11-15-8-4-3-7-14(15)10-17(20)21/h3-9H,10-12H2,1-2H3,(H,20,21). The first-order valence-corrected chi connectivity index (χ1v) is 6.94. The molecule has 0 bridgehead atoms. The number of benzene rings is 1. The fourth-order valence-electron chi connectivity index (χ4n) is 2.36. The smallest absolute Gasteiger partial charge is 0.307 e. The Labute approximate surface area is 125 Å². The van der Waals surface area contributed by atoms with Gasteiger partial charge in [-0.25, -0.2) is 0 Å². The second kappa shape index (κ2) is 6.99. The zero-order valence-corrected chi connectivity index (χ0v) is 12.4. The first-order chi connectivity index (χ1) is 10.0. The molecule has 1 heterocycles. The molecule has 0 aliphatic rings. The van der Waals surface area contributed by atoms with Crippen LogP contribution in [0, 0.1) is 6.92 Å². The highest BCUT2D eigenvalue weighted by Gasteiger charge is 2.09. The van der Waals surface area contributed by atoms with Crippen molar-refractivity contribution in [3.63, 3.8) is 0 Å². The van der Waals surface area contributed by atoms with Crippen LogP contribution >= 0.6 is 0 Å². The number of aromatic nitrogens is 1. The maximum atomic E-state index is 10.9. The SMILES string of the molecule is Cc1cccc(CN(C)Cc2ccccc2CC(=O)O)n1. The van der Waals surface area contributed by atoms with E-state index in [1.54, 1.807) is 0 Å². The second-order valence-corrected chi connectivity index (χ2v) is 5.28. The third kappa shape index (κ3) is 4.68. The van der Waals surface area contributed by atoms with Crippen LogP contribution in [0.5, 0.6) is 0 Å². The minimum Gasteiger partial charge on any atom is -0.481 e. The van der Waals surface area contributed by atoms with E-state index in [9.17, 15) is 4.79 Å². The van der Waals surface area contributed by atoms with Gasteiger partial charge in [0, 0.05) is 18.8 Å². The molecule has 0 saturated heterocycles. The van der Waals surface area contributed by atoms with Gasteiger partial charge >= 0.3 is 5.97 Å². The maximum Gasteiger partial charge on any atom is 0.307 e. The van der Waals surface area contributed by atoms with Crippen molar-refractivity contribution in [1.82, 2.24) is 9.88 Å². The molecule has 1 aromatic heterocycles. The van der Waals surface area contributed by atoms with Crippen LogP contribution in [0.1, 0.15) is 22.5 Å². The molecule has 0 unspecified atom stereocenters. The number of aryl methyl sites for hydroxylation is 1. The zero-order valence-electron chi connectivity index (χ0n) is 12.4. The van der Waals surface area contributed by atoms with E-state index in [0.29, 0.717) is 6.54 Å². The molecule has 0 radical (unpaired) electrons. The number of carboxylic acid groups (broad SMARTS) is 1. The second-order valence-electron chi connectivity index (χ2n) is 5.28. The Morgan fingerprint density at radius 3 is 2.48 bits per heavy atom. The number of hydrogen-bond acceptors (Lipinski definition) is 3. The molecular formula is C17H20N2O2. The van der Waals surface area contributed by atoms with Crippen molar-refractivity contribution in [3.8, 4) is 0 Å². The molecule has 0 saturated carbocycles. The summed E-state index contributed by atoms with van der Waals surface area (Å²) in [5.41, 5.74) is 3.95. The van der Waals surface area contributed by atoms with Crippen molar-refractivity contribution in [1.29, 1.82) is 0 Å². The Bertz CT molecular complexity index is 626. The number of aliphatic carboxylic acids is 1. The molecule has 2 rings (SSSR count). The zero-order chi connectivity index (χ0) is 15.2. The van der Waals surface area contributed by atoms with Crippen molar-refractivity contribution < 1.29 is 9.90 Å². The maximum absolute atomic E-state index is 10.9. The van der Waals surface area contributed by atoms with Gasteiger partial charge in [-0.2, -0.15) is 0 Å². The lowest BCUT2D eigenvalue weighted by Crippen LogP contribution is -2.19. The van der Waals surface area contributed by atoms with Gasteiger partial charge in [-0.05, 0) is 37.2 Å². The van der Waals surface area contributed by atoms with Crippen molar-refractivity contribution in [2.75, 3.05) is 7.05 Å². The lowest BCUT2D eigenvalue weighted by atomic mass is 10.0. The van der Waals surface area contributed by atoms with E-state index in [4.69, 9.17) is 5.11 Å². The van der Waals surface area contributed by atoms with E-state index in [1.165, 1.54) is 0 Å². The number of pyridine rings is 1. The predicted molar refractivity (Wildman–Crippen MR) is 81.9 cm³/mol. The third-order valence-corrected chi connectivity index (χ3v) is 3.28. The summed E-state index contributed by atoms with van der Waals surface area (Å²) in [4.78, 5) is 17.5. The Hall–Kier alpha value is -2.20. The molecule has 0 fully saturated rings. The van der Waals surface area contributed by atoms with Gasteiger partial charge in [0.15, 0.2) is 0 Å². The summed E-state index contributed by atoms with van der Waals surface area (Å²) < 4.78 is 0. The molecule has 0 aliphatic heterocycles. The summed E-state index contributed by atoms with van der Waals surface area (Å²) in [7, 11) is 2.02. The van der Waals surface area contributed by atoms with Crippen LogP contribution in [0.3, 0.4) is 0 Å². The molecule has 0 aliphatic carbocycles. The van der Waals surface area contributed by atoms with E-state index in [0.717, 1.165) is 29.1 Å². The molecule has 0 amide bonds. The van der Waals surface area contributed by atoms with E-state index in [-0.39, 0.29) is 6.42 Å². The quantitative estimate of drug-likeness (QED) is 0.886. The topological polar surface area (TPSA) is 53.4 Å².